The average molecular weight is 384 g/mol. The second-order valence-electron chi connectivity index (χ2n) is 8.42. The van der Waals surface area contributed by atoms with Crippen LogP contribution in [0.5, 0.6) is 5.75 Å². The summed E-state index contributed by atoms with van der Waals surface area (Å²) in [6.07, 6.45) is 3.24. The molecule has 0 radical (unpaired) electrons. The number of Topliss-reactive ketones (excluding diaryl/α,β-unsaturated/α-hetero) is 1. The monoisotopic (exact) mass is 384 g/mol. The maximum atomic E-state index is 13.3. The molecule has 0 spiro atoms. The van der Waals surface area contributed by atoms with E-state index >= 15 is 0 Å². The smallest absolute Gasteiger partial charge is 0.195 e. The van der Waals surface area contributed by atoms with Gasteiger partial charge in [0.15, 0.2) is 5.78 Å². The first-order valence-corrected chi connectivity index (χ1v) is 9.69. The average Bonchev–Trinajstić information content (AvgIpc) is 3.12. The number of aromatic hydroxyl groups is 1. The lowest BCUT2D eigenvalue weighted by Crippen LogP contribution is -2.34. The number of hydrogen-bond donors (Lipinski definition) is 2. The third-order valence-corrected chi connectivity index (χ3v) is 6.16. The summed E-state index contributed by atoms with van der Waals surface area (Å²) in [6, 6.07) is 7.74. The molecule has 2 atom stereocenters. The van der Waals surface area contributed by atoms with Crippen LogP contribution in [0.2, 0.25) is 0 Å². The van der Waals surface area contributed by atoms with Gasteiger partial charge in [-0.3, -0.25) is 9.69 Å². The molecule has 1 aliphatic carbocycles. The predicted octanol–water partition coefficient (Wildman–Crippen LogP) is 2.73. The molecule has 28 heavy (non-hydrogen) atoms. The Hall–Kier alpha value is -2.31. The van der Waals surface area contributed by atoms with Crippen LogP contribution in [0.25, 0.3) is 0 Å². The number of aryl methyl sites for hydroxylation is 1. The number of ketones is 1. The first-order chi connectivity index (χ1) is 13.3. The number of benzene rings is 1. The molecular weight excluding hydrogens is 359 g/mol. The molecule has 2 N–H and O–H groups in total. The second-order valence-corrected chi connectivity index (χ2v) is 8.42. The van der Waals surface area contributed by atoms with Gasteiger partial charge in [-0.1, -0.05) is 6.07 Å². The van der Waals surface area contributed by atoms with Gasteiger partial charge in [0, 0.05) is 19.5 Å². The molecule has 5 nitrogen and oxygen atoms in total. The van der Waals surface area contributed by atoms with E-state index in [1.54, 1.807) is 12.1 Å². The van der Waals surface area contributed by atoms with Crippen LogP contribution in [0.3, 0.4) is 0 Å². The highest BCUT2D eigenvalue weighted by molar-refractivity contribution is 5.95. The van der Waals surface area contributed by atoms with Gasteiger partial charge in [0.1, 0.15) is 17.3 Å². The lowest BCUT2D eigenvalue weighted by Gasteiger charge is -2.26. The van der Waals surface area contributed by atoms with Crippen molar-refractivity contribution in [2.24, 2.45) is 11.8 Å². The van der Waals surface area contributed by atoms with Crippen LogP contribution in [-0.2, 0) is 6.42 Å². The Morgan fingerprint density at radius 3 is 2.57 bits per heavy atom. The van der Waals surface area contributed by atoms with Crippen molar-refractivity contribution in [2.45, 2.75) is 31.8 Å². The number of likely N-dealkylation sites (tertiary alicyclic amines) is 1. The third kappa shape index (κ3) is 3.93. The molecule has 1 aliphatic heterocycles. The quantitative estimate of drug-likeness (QED) is 0.776. The molecule has 4 rings (SSSR count). The Morgan fingerprint density at radius 1 is 1.25 bits per heavy atom. The van der Waals surface area contributed by atoms with E-state index in [-0.39, 0.29) is 17.3 Å². The molecule has 2 fully saturated rings. The lowest BCUT2D eigenvalue weighted by molar-refractivity contribution is 0.0354. The Morgan fingerprint density at radius 2 is 1.96 bits per heavy atom. The zero-order valence-electron chi connectivity index (χ0n) is 15.9. The van der Waals surface area contributed by atoms with Crippen molar-refractivity contribution >= 4 is 5.78 Å². The van der Waals surface area contributed by atoms with E-state index in [1.807, 2.05) is 6.92 Å². The van der Waals surface area contributed by atoms with Gasteiger partial charge in [-0.05, 0) is 67.0 Å². The highest BCUT2D eigenvalue weighted by atomic mass is 19.1. The van der Waals surface area contributed by atoms with E-state index in [0.717, 1.165) is 24.2 Å². The molecule has 2 unspecified atom stereocenters. The van der Waals surface area contributed by atoms with Gasteiger partial charge in [-0.15, -0.1) is 0 Å². The second kappa shape index (κ2) is 7.26. The molecule has 2 aliphatic rings. The Labute approximate surface area is 163 Å². The standard InChI is InChI=1S/C22H25FN2O3/c1-14-6-18(23)3-2-15(14)7-22(28)8-16-11-25(12-17(16)9-22)13-21(27)20-5-4-19(26)10-24-20/h2-6,10,16-17,26,28H,7-9,11-13H2,1H3. The maximum Gasteiger partial charge on any atom is 0.195 e. The van der Waals surface area contributed by atoms with Gasteiger partial charge >= 0.3 is 0 Å². The molecule has 2 aromatic rings. The molecule has 1 aromatic heterocycles. The van der Waals surface area contributed by atoms with Crippen LogP contribution in [-0.4, -0.2) is 51.1 Å². The molecule has 1 saturated heterocycles. The van der Waals surface area contributed by atoms with Crippen LogP contribution in [0.4, 0.5) is 4.39 Å². The number of carbonyl (C=O) groups is 1. The van der Waals surface area contributed by atoms with Gasteiger partial charge in [-0.2, -0.15) is 0 Å². The summed E-state index contributed by atoms with van der Waals surface area (Å²) in [5.74, 6) is 0.470. The van der Waals surface area contributed by atoms with E-state index < -0.39 is 5.60 Å². The largest absolute Gasteiger partial charge is 0.506 e. The first-order valence-electron chi connectivity index (χ1n) is 9.69. The van der Waals surface area contributed by atoms with Crippen molar-refractivity contribution < 1.29 is 19.4 Å². The summed E-state index contributed by atoms with van der Waals surface area (Å²) in [7, 11) is 0. The minimum absolute atomic E-state index is 0.0444. The fourth-order valence-corrected chi connectivity index (χ4v) is 4.88. The van der Waals surface area contributed by atoms with E-state index in [9.17, 15) is 19.4 Å². The van der Waals surface area contributed by atoms with Crippen LogP contribution < -0.4 is 0 Å². The zero-order valence-corrected chi connectivity index (χ0v) is 15.9. The minimum atomic E-state index is -0.757. The highest BCUT2D eigenvalue weighted by Gasteiger charge is 2.48. The van der Waals surface area contributed by atoms with Gasteiger partial charge in [0.05, 0.1) is 18.3 Å². The minimum Gasteiger partial charge on any atom is -0.506 e. The summed E-state index contributed by atoms with van der Waals surface area (Å²) in [4.78, 5) is 18.5. The van der Waals surface area contributed by atoms with Gasteiger partial charge in [0.25, 0.3) is 0 Å². The van der Waals surface area contributed by atoms with Crippen molar-refractivity contribution in [3.05, 3.63) is 59.2 Å². The lowest BCUT2D eigenvalue weighted by atomic mass is 9.89. The first kappa shape index (κ1) is 19.0. The van der Waals surface area contributed by atoms with E-state index in [4.69, 9.17) is 0 Å². The number of rotatable bonds is 5. The summed E-state index contributed by atoms with van der Waals surface area (Å²) in [5, 5.41) is 20.4. The number of aromatic nitrogens is 1. The summed E-state index contributed by atoms with van der Waals surface area (Å²) >= 11 is 0. The van der Waals surface area contributed by atoms with Crippen molar-refractivity contribution in [1.29, 1.82) is 0 Å². The van der Waals surface area contributed by atoms with E-state index in [2.05, 4.69) is 9.88 Å². The van der Waals surface area contributed by atoms with Crippen molar-refractivity contribution in [3.8, 4) is 5.75 Å². The SMILES string of the molecule is Cc1cc(F)ccc1CC1(O)CC2CN(CC(=O)c3ccc(O)cn3)CC2C1. The number of nitrogens with zero attached hydrogens (tertiary/aromatic N) is 2. The topological polar surface area (TPSA) is 73.7 Å². The van der Waals surface area contributed by atoms with Crippen LogP contribution in [0.15, 0.2) is 36.5 Å². The van der Waals surface area contributed by atoms with Crippen LogP contribution >= 0.6 is 0 Å². The number of hydrogen-bond acceptors (Lipinski definition) is 5. The molecular formula is C22H25FN2O3. The number of pyridine rings is 1. The Bertz CT molecular complexity index is 870. The van der Waals surface area contributed by atoms with E-state index in [0.29, 0.717) is 43.3 Å². The molecule has 6 heteroatoms. The molecule has 1 aromatic carbocycles. The van der Waals surface area contributed by atoms with Crippen molar-refractivity contribution in [1.82, 2.24) is 9.88 Å². The third-order valence-electron chi connectivity index (χ3n) is 6.16. The normalized spacial score (nSPS) is 27.1. The number of aliphatic hydroxyl groups is 1. The van der Waals surface area contributed by atoms with Crippen molar-refractivity contribution in [2.75, 3.05) is 19.6 Å². The molecule has 2 heterocycles. The van der Waals surface area contributed by atoms with Crippen LogP contribution in [0, 0.1) is 24.6 Å². The number of carbonyl (C=O) groups excluding carboxylic acids is 1. The summed E-state index contributed by atoms with van der Waals surface area (Å²) in [6.45, 7) is 3.76. The molecule has 1 saturated carbocycles. The molecule has 0 amide bonds. The number of fused-ring (bicyclic) bond motifs is 1. The van der Waals surface area contributed by atoms with Gasteiger partial charge in [0.2, 0.25) is 0 Å². The summed E-state index contributed by atoms with van der Waals surface area (Å²) < 4.78 is 13.3. The van der Waals surface area contributed by atoms with Gasteiger partial charge in [-0.25, -0.2) is 9.37 Å². The highest BCUT2D eigenvalue weighted by Crippen LogP contribution is 2.45. The fourth-order valence-electron chi connectivity index (χ4n) is 4.88. The Kier molecular flexibility index (Phi) is 4.93. The van der Waals surface area contributed by atoms with E-state index in [1.165, 1.54) is 24.4 Å². The van der Waals surface area contributed by atoms with Gasteiger partial charge < -0.3 is 10.2 Å². The number of halogens is 1. The summed E-state index contributed by atoms with van der Waals surface area (Å²) in [5.41, 5.74) is 1.47. The Balaban J connectivity index is 1.35. The molecule has 0 bridgehead atoms. The maximum absolute atomic E-state index is 13.3. The predicted molar refractivity (Wildman–Crippen MR) is 103 cm³/mol. The fraction of sp³-hybridized carbons (Fsp3) is 0.455. The molecule has 148 valence electrons. The van der Waals surface area contributed by atoms with Crippen LogP contribution in [0.1, 0.15) is 34.5 Å². The van der Waals surface area contributed by atoms with Crippen molar-refractivity contribution in [3.63, 3.8) is 0 Å². The zero-order chi connectivity index (χ0) is 19.9.